The van der Waals surface area contributed by atoms with E-state index in [1.807, 2.05) is 32.0 Å². The maximum Gasteiger partial charge on any atom is 0.425 e. The second-order valence-corrected chi connectivity index (χ2v) is 11.8. The fraction of sp³-hybridized carbons (Fsp3) is 0.581. The number of aryl methyl sites for hydroxylation is 1. The molecule has 0 saturated carbocycles. The zero-order valence-electron chi connectivity index (χ0n) is 25.3. The fourth-order valence-electron chi connectivity index (χ4n) is 5.42. The normalized spacial score (nSPS) is 20.3. The zero-order chi connectivity index (χ0) is 30.7. The van der Waals surface area contributed by atoms with Crippen LogP contribution in [0.3, 0.4) is 0 Å². The third-order valence-corrected chi connectivity index (χ3v) is 7.54. The van der Waals surface area contributed by atoms with Gasteiger partial charge in [0.15, 0.2) is 11.5 Å². The maximum absolute atomic E-state index is 12.7. The van der Waals surface area contributed by atoms with Crippen LogP contribution in [-0.2, 0) is 26.6 Å². The summed E-state index contributed by atoms with van der Waals surface area (Å²) in [6.07, 6.45) is 2.70. The maximum atomic E-state index is 12.7. The highest BCUT2D eigenvalue weighted by Gasteiger charge is 2.41. The number of piperidine rings is 1. The van der Waals surface area contributed by atoms with Crippen LogP contribution >= 0.6 is 0 Å². The molecule has 41 heavy (non-hydrogen) atoms. The Hall–Kier alpha value is -2.95. The summed E-state index contributed by atoms with van der Waals surface area (Å²) in [6.45, 7) is 12.4. The molecule has 2 N–H and O–H groups in total. The van der Waals surface area contributed by atoms with Crippen molar-refractivity contribution in [1.82, 2.24) is 4.90 Å². The van der Waals surface area contributed by atoms with Crippen LogP contribution in [0.25, 0.3) is 0 Å². The van der Waals surface area contributed by atoms with Crippen LogP contribution in [0.2, 0.25) is 0 Å². The summed E-state index contributed by atoms with van der Waals surface area (Å²) < 4.78 is 42.4. The molecule has 0 unspecified atom stereocenters. The van der Waals surface area contributed by atoms with Crippen LogP contribution < -0.4 is 15.2 Å². The van der Waals surface area contributed by atoms with Crippen LogP contribution in [0.1, 0.15) is 63.3 Å². The van der Waals surface area contributed by atoms with Gasteiger partial charge < -0.3 is 19.9 Å². The predicted molar refractivity (Wildman–Crippen MR) is 159 cm³/mol. The summed E-state index contributed by atoms with van der Waals surface area (Å²) in [5.41, 5.74) is 9.96. The summed E-state index contributed by atoms with van der Waals surface area (Å²) in [4.78, 5) is 15.2. The van der Waals surface area contributed by atoms with E-state index in [1.165, 1.54) is 16.7 Å². The lowest BCUT2D eigenvalue weighted by molar-refractivity contribution is -0.160. The van der Waals surface area contributed by atoms with Gasteiger partial charge in [-0.2, -0.15) is 0 Å². The number of benzene rings is 2. The average molecular weight is 591 g/mol. The molecule has 0 aliphatic carbocycles. The Balaban J connectivity index is 0.000000447. The monoisotopic (exact) mass is 590 g/mol. The number of nitrogens with zero attached hydrogens (tertiary/aromatic N) is 1. The predicted octanol–water partition coefficient (Wildman–Crippen LogP) is 4.56. The summed E-state index contributed by atoms with van der Waals surface area (Å²) in [6, 6.07) is 14.1. The number of nitrogens with two attached hydrogens (primary N) is 1. The Kier molecular flexibility index (Phi) is 13.8. The van der Waals surface area contributed by atoms with Crippen molar-refractivity contribution in [2.24, 2.45) is 23.5 Å². The van der Waals surface area contributed by atoms with Crippen molar-refractivity contribution in [3.8, 4) is 11.5 Å². The number of carbonyl (C=O) groups is 1. The highest BCUT2D eigenvalue weighted by Crippen LogP contribution is 2.44. The lowest BCUT2D eigenvalue weighted by Crippen LogP contribution is -2.51. The van der Waals surface area contributed by atoms with Crippen molar-refractivity contribution < 1.29 is 31.6 Å². The van der Waals surface area contributed by atoms with Crippen molar-refractivity contribution in [1.29, 1.82) is 0 Å². The molecule has 0 radical (unpaired) electrons. The van der Waals surface area contributed by atoms with E-state index in [1.54, 1.807) is 14.2 Å². The first-order chi connectivity index (χ1) is 19.4. The standard InChI is InChI=1S/C24H38N2O4.C7H8.O3S/c1-14(2)9-17-13-26-8-7-16-10-21(28-5)22(29-6)11-18(16)19(26)12-20(17)30-24(27)23(25)15(3)4;1-7-5-3-2-4-6-7;1-4(2)3/h10-11,14-15,17,19-20,23H,7-9,12-13,25H2,1-6H3;2-6H,1H3;/t17-,19-,20-,23+;;/m1../s1. The van der Waals surface area contributed by atoms with E-state index < -0.39 is 16.7 Å². The van der Waals surface area contributed by atoms with E-state index in [0.717, 1.165) is 43.9 Å². The lowest BCUT2D eigenvalue weighted by Gasteiger charge is -2.47. The molecule has 2 heterocycles. The first-order valence-electron chi connectivity index (χ1n) is 14.1. The van der Waals surface area contributed by atoms with E-state index >= 15 is 0 Å². The number of hydrogen-bond acceptors (Lipinski definition) is 9. The molecule has 0 aromatic heterocycles. The van der Waals surface area contributed by atoms with Gasteiger partial charge in [0, 0.05) is 31.5 Å². The first kappa shape index (κ1) is 34.3. The Morgan fingerprint density at radius 2 is 1.61 bits per heavy atom. The molecule has 4 atom stereocenters. The Labute approximate surface area is 246 Å². The number of methoxy groups -OCH3 is 2. The Bertz CT molecular complexity index is 1210. The van der Waals surface area contributed by atoms with Gasteiger partial charge in [0.1, 0.15) is 12.1 Å². The summed E-state index contributed by atoms with van der Waals surface area (Å²) in [5.74, 6) is 2.18. The molecule has 9 nitrogen and oxygen atoms in total. The summed E-state index contributed by atoms with van der Waals surface area (Å²) in [7, 11) is 0.228. The number of ether oxygens (including phenoxy) is 3. The zero-order valence-corrected chi connectivity index (χ0v) is 26.1. The topological polar surface area (TPSA) is 125 Å². The molecule has 10 heteroatoms. The number of hydrogen-bond donors (Lipinski definition) is 1. The van der Waals surface area contributed by atoms with Crippen LogP contribution in [0, 0.1) is 24.7 Å². The molecule has 2 aliphatic heterocycles. The molecule has 1 fully saturated rings. The van der Waals surface area contributed by atoms with Gasteiger partial charge in [-0.1, -0.05) is 63.6 Å². The molecule has 1 saturated heterocycles. The summed E-state index contributed by atoms with van der Waals surface area (Å²) in [5, 5.41) is 0. The molecule has 0 bridgehead atoms. The highest BCUT2D eigenvalue weighted by atomic mass is 32.2. The van der Waals surface area contributed by atoms with Crippen LogP contribution in [0.5, 0.6) is 11.5 Å². The highest BCUT2D eigenvalue weighted by molar-refractivity contribution is 7.59. The van der Waals surface area contributed by atoms with E-state index in [0.29, 0.717) is 11.8 Å². The van der Waals surface area contributed by atoms with Crippen LogP contribution in [-0.4, -0.2) is 63.0 Å². The minimum Gasteiger partial charge on any atom is -0.493 e. The summed E-state index contributed by atoms with van der Waals surface area (Å²) >= 11 is 0. The second kappa shape index (κ2) is 16.5. The molecule has 2 aliphatic rings. The van der Waals surface area contributed by atoms with Gasteiger partial charge in [0.2, 0.25) is 0 Å². The first-order valence-corrected chi connectivity index (χ1v) is 15.1. The van der Waals surface area contributed by atoms with Crippen molar-refractivity contribution >= 4 is 16.6 Å². The van der Waals surface area contributed by atoms with Crippen LogP contribution in [0.4, 0.5) is 0 Å². The molecule has 0 spiro atoms. The Morgan fingerprint density at radius 1 is 1.02 bits per heavy atom. The number of rotatable bonds is 7. The van der Waals surface area contributed by atoms with E-state index in [4.69, 9.17) is 32.6 Å². The molecule has 2 aromatic carbocycles. The van der Waals surface area contributed by atoms with E-state index in [-0.39, 0.29) is 24.0 Å². The number of esters is 1. The van der Waals surface area contributed by atoms with E-state index in [9.17, 15) is 4.79 Å². The van der Waals surface area contributed by atoms with Gasteiger partial charge in [-0.05, 0) is 54.9 Å². The third kappa shape index (κ3) is 10.4. The molecular formula is C31H46N2O7S. The number of fused-ring (bicyclic) bond motifs is 3. The fourth-order valence-corrected chi connectivity index (χ4v) is 5.42. The number of carbonyl (C=O) groups excluding carboxylic acids is 1. The van der Waals surface area contributed by atoms with Gasteiger partial charge in [0.05, 0.1) is 14.2 Å². The molecule has 4 rings (SSSR count). The smallest absolute Gasteiger partial charge is 0.425 e. The van der Waals surface area contributed by atoms with Gasteiger partial charge in [-0.15, -0.1) is 12.6 Å². The van der Waals surface area contributed by atoms with Gasteiger partial charge >= 0.3 is 16.6 Å². The molecule has 2 aromatic rings. The van der Waals surface area contributed by atoms with Crippen molar-refractivity contribution in [3.05, 3.63) is 59.2 Å². The largest absolute Gasteiger partial charge is 0.493 e. The molecule has 228 valence electrons. The van der Waals surface area contributed by atoms with Gasteiger partial charge in [-0.3, -0.25) is 9.69 Å². The van der Waals surface area contributed by atoms with Crippen molar-refractivity contribution in [3.63, 3.8) is 0 Å². The van der Waals surface area contributed by atoms with Gasteiger partial charge in [0.25, 0.3) is 0 Å². The van der Waals surface area contributed by atoms with Crippen LogP contribution in [0.15, 0.2) is 42.5 Å². The Morgan fingerprint density at radius 3 is 2.10 bits per heavy atom. The molecule has 0 amide bonds. The van der Waals surface area contributed by atoms with Crippen molar-refractivity contribution in [2.75, 3.05) is 27.3 Å². The van der Waals surface area contributed by atoms with Gasteiger partial charge in [-0.25, -0.2) is 0 Å². The molecular weight excluding hydrogens is 544 g/mol. The van der Waals surface area contributed by atoms with Crippen molar-refractivity contribution in [2.45, 2.75) is 72.1 Å². The second-order valence-electron chi connectivity index (χ2n) is 11.4. The SMILES string of the molecule is COc1cc2c(cc1OC)[C@H]1C[C@@H](OC(=O)[C@@H](N)C(C)C)[C@H](CC(C)C)CN1CC2.Cc1ccccc1.O=S(=O)=O. The lowest BCUT2D eigenvalue weighted by atomic mass is 9.79. The average Bonchev–Trinajstić information content (AvgIpc) is 2.92. The quantitative estimate of drug-likeness (QED) is 0.462. The minimum absolute atomic E-state index is 0.0632. The van der Waals surface area contributed by atoms with E-state index in [2.05, 4.69) is 49.9 Å². The minimum atomic E-state index is -3.11. The third-order valence-electron chi connectivity index (χ3n) is 7.54.